The molecule has 19 heavy (non-hydrogen) atoms. The van der Waals surface area contributed by atoms with E-state index in [0.29, 0.717) is 12.3 Å². The SMILES string of the molecule is COc1ccc(S(=O)(=O)NCC(C)(C)SC)c(N)c1. The van der Waals surface area contributed by atoms with E-state index in [0.717, 1.165) is 0 Å². The third-order valence-corrected chi connectivity index (χ3v) is 5.47. The lowest BCUT2D eigenvalue weighted by atomic mass is 10.2. The molecular weight excluding hydrogens is 284 g/mol. The van der Waals surface area contributed by atoms with Crippen LogP contribution in [0.1, 0.15) is 13.8 Å². The number of nitrogens with two attached hydrogens (primary N) is 1. The van der Waals surface area contributed by atoms with Gasteiger partial charge < -0.3 is 10.5 Å². The smallest absolute Gasteiger partial charge is 0.242 e. The molecule has 0 spiro atoms. The predicted octanol–water partition coefficient (Wildman–Crippen LogP) is 1.70. The fraction of sp³-hybridized carbons (Fsp3) is 0.500. The second-order valence-electron chi connectivity index (χ2n) is 4.69. The van der Waals surface area contributed by atoms with E-state index in [4.69, 9.17) is 10.5 Å². The van der Waals surface area contributed by atoms with Gasteiger partial charge in [-0.3, -0.25) is 0 Å². The van der Waals surface area contributed by atoms with Gasteiger partial charge in [0.1, 0.15) is 10.6 Å². The second-order valence-corrected chi connectivity index (χ2v) is 7.94. The molecule has 0 bridgehead atoms. The highest BCUT2D eigenvalue weighted by Crippen LogP contribution is 2.25. The van der Waals surface area contributed by atoms with Crippen LogP contribution in [0, 0.1) is 0 Å². The second kappa shape index (κ2) is 6.02. The van der Waals surface area contributed by atoms with Crippen molar-refractivity contribution in [3.05, 3.63) is 18.2 Å². The highest BCUT2D eigenvalue weighted by molar-refractivity contribution is 8.00. The number of anilines is 1. The molecule has 0 aliphatic heterocycles. The molecule has 1 aromatic carbocycles. The summed E-state index contributed by atoms with van der Waals surface area (Å²) in [6.45, 7) is 4.27. The van der Waals surface area contributed by atoms with Crippen molar-refractivity contribution in [2.75, 3.05) is 25.6 Å². The largest absolute Gasteiger partial charge is 0.497 e. The molecular formula is C12H20N2O3S2. The molecule has 5 nitrogen and oxygen atoms in total. The third kappa shape index (κ3) is 4.29. The molecule has 0 aliphatic rings. The van der Waals surface area contributed by atoms with E-state index in [-0.39, 0.29) is 15.3 Å². The van der Waals surface area contributed by atoms with Gasteiger partial charge in [-0.05, 0) is 32.2 Å². The quantitative estimate of drug-likeness (QED) is 0.782. The average molecular weight is 304 g/mol. The van der Waals surface area contributed by atoms with Crippen LogP contribution in [-0.2, 0) is 10.0 Å². The van der Waals surface area contributed by atoms with E-state index in [2.05, 4.69) is 4.72 Å². The standard InChI is InChI=1S/C12H20N2O3S2/c1-12(2,18-4)8-14-19(15,16)11-6-5-9(17-3)7-10(11)13/h5-7,14H,8,13H2,1-4H3. The Morgan fingerprint density at radius 2 is 2.05 bits per heavy atom. The molecule has 0 radical (unpaired) electrons. The van der Waals surface area contributed by atoms with Crippen LogP contribution in [0.5, 0.6) is 5.75 Å². The van der Waals surface area contributed by atoms with E-state index in [1.54, 1.807) is 17.8 Å². The van der Waals surface area contributed by atoms with E-state index in [1.165, 1.54) is 19.2 Å². The molecule has 0 fully saturated rings. The van der Waals surface area contributed by atoms with Crippen LogP contribution in [-0.4, -0.2) is 33.1 Å². The van der Waals surface area contributed by atoms with Crippen molar-refractivity contribution in [3.8, 4) is 5.75 Å². The topological polar surface area (TPSA) is 81.4 Å². The van der Waals surface area contributed by atoms with Gasteiger partial charge in [-0.1, -0.05) is 0 Å². The van der Waals surface area contributed by atoms with Crippen LogP contribution in [0.15, 0.2) is 23.1 Å². The Kier molecular flexibility index (Phi) is 5.11. The molecule has 0 atom stereocenters. The Morgan fingerprint density at radius 1 is 1.42 bits per heavy atom. The third-order valence-electron chi connectivity index (χ3n) is 2.75. The minimum Gasteiger partial charge on any atom is -0.497 e. The van der Waals surface area contributed by atoms with Crippen LogP contribution in [0.3, 0.4) is 0 Å². The average Bonchev–Trinajstić information content (AvgIpc) is 2.36. The maximum atomic E-state index is 12.2. The zero-order valence-corrected chi connectivity index (χ0v) is 13.2. The van der Waals surface area contributed by atoms with E-state index in [9.17, 15) is 8.42 Å². The lowest BCUT2D eigenvalue weighted by Gasteiger charge is -2.22. The van der Waals surface area contributed by atoms with Crippen LogP contribution in [0.25, 0.3) is 0 Å². The van der Waals surface area contributed by atoms with E-state index < -0.39 is 10.0 Å². The maximum absolute atomic E-state index is 12.2. The number of nitrogens with one attached hydrogen (secondary N) is 1. The Labute approximate surface area is 119 Å². The van der Waals surface area contributed by atoms with Gasteiger partial charge in [-0.2, -0.15) is 11.8 Å². The lowest BCUT2D eigenvalue weighted by Crippen LogP contribution is -2.36. The fourth-order valence-corrected chi connectivity index (χ4v) is 2.95. The molecule has 0 heterocycles. The Morgan fingerprint density at radius 3 is 2.53 bits per heavy atom. The number of thioether (sulfide) groups is 1. The van der Waals surface area contributed by atoms with Crippen molar-refractivity contribution in [2.24, 2.45) is 0 Å². The normalized spacial score (nSPS) is 12.4. The highest BCUT2D eigenvalue weighted by atomic mass is 32.2. The molecule has 0 unspecified atom stereocenters. The number of ether oxygens (including phenoxy) is 1. The molecule has 0 saturated carbocycles. The zero-order chi connectivity index (χ0) is 14.7. The molecule has 1 aromatic rings. The van der Waals surface area contributed by atoms with Crippen molar-refractivity contribution in [3.63, 3.8) is 0 Å². The van der Waals surface area contributed by atoms with Gasteiger partial charge in [-0.25, -0.2) is 13.1 Å². The minimum absolute atomic E-state index is 0.0743. The van der Waals surface area contributed by atoms with Gasteiger partial charge in [0.25, 0.3) is 0 Å². The number of benzene rings is 1. The highest BCUT2D eigenvalue weighted by Gasteiger charge is 2.23. The van der Waals surface area contributed by atoms with Gasteiger partial charge in [0.15, 0.2) is 0 Å². The van der Waals surface area contributed by atoms with Crippen molar-refractivity contribution >= 4 is 27.5 Å². The van der Waals surface area contributed by atoms with Gasteiger partial charge >= 0.3 is 0 Å². The summed E-state index contributed by atoms with van der Waals surface area (Å²) in [6.07, 6.45) is 1.94. The van der Waals surface area contributed by atoms with Crippen LogP contribution in [0.4, 0.5) is 5.69 Å². The summed E-state index contributed by atoms with van der Waals surface area (Å²) in [6, 6.07) is 4.52. The summed E-state index contributed by atoms with van der Waals surface area (Å²) >= 11 is 1.60. The monoisotopic (exact) mass is 304 g/mol. The molecule has 7 heteroatoms. The van der Waals surface area contributed by atoms with Crippen molar-refractivity contribution in [1.82, 2.24) is 4.72 Å². The summed E-state index contributed by atoms with van der Waals surface area (Å²) < 4.78 is 31.7. The van der Waals surface area contributed by atoms with Gasteiger partial charge in [-0.15, -0.1) is 0 Å². The van der Waals surface area contributed by atoms with Crippen LogP contribution < -0.4 is 15.2 Å². The molecule has 1 rings (SSSR count). The van der Waals surface area contributed by atoms with Crippen molar-refractivity contribution in [2.45, 2.75) is 23.5 Å². The first-order valence-electron chi connectivity index (χ1n) is 5.70. The Bertz CT molecular complexity index is 542. The molecule has 0 aromatic heterocycles. The number of hydrogen-bond acceptors (Lipinski definition) is 5. The predicted molar refractivity (Wildman–Crippen MR) is 80.2 cm³/mol. The van der Waals surface area contributed by atoms with Crippen molar-refractivity contribution < 1.29 is 13.2 Å². The molecule has 108 valence electrons. The summed E-state index contributed by atoms with van der Waals surface area (Å²) in [5, 5.41) is 0. The summed E-state index contributed by atoms with van der Waals surface area (Å²) in [5.41, 5.74) is 5.93. The summed E-state index contributed by atoms with van der Waals surface area (Å²) in [5.74, 6) is 0.529. The molecule has 0 saturated heterocycles. The number of nitrogen functional groups attached to an aromatic ring is 1. The van der Waals surface area contributed by atoms with Gasteiger partial charge in [0, 0.05) is 17.4 Å². The van der Waals surface area contributed by atoms with E-state index in [1.807, 2.05) is 20.1 Å². The number of methoxy groups -OCH3 is 1. The van der Waals surface area contributed by atoms with Crippen LogP contribution >= 0.6 is 11.8 Å². The van der Waals surface area contributed by atoms with Crippen molar-refractivity contribution in [1.29, 1.82) is 0 Å². The number of sulfonamides is 1. The first-order valence-corrected chi connectivity index (χ1v) is 8.41. The minimum atomic E-state index is -3.60. The number of rotatable bonds is 6. The molecule has 3 N–H and O–H groups in total. The summed E-state index contributed by atoms with van der Waals surface area (Å²) in [7, 11) is -2.10. The maximum Gasteiger partial charge on any atom is 0.242 e. The first-order chi connectivity index (χ1) is 8.72. The summed E-state index contributed by atoms with van der Waals surface area (Å²) in [4.78, 5) is 0.0743. The number of hydrogen-bond donors (Lipinski definition) is 2. The fourth-order valence-electron chi connectivity index (χ4n) is 1.32. The van der Waals surface area contributed by atoms with Gasteiger partial charge in [0.2, 0.25) is 10.0 Å². The Balaban J connectivity index is 2.95. The first kappa shape index (κ1) is 16.1. The molecule has 0 amide bonds. The zero-order valence-electron chi connectivity index (χ0n) is 11.6. The molecule has 0 aliphatic carbocycles. The lowest BCUT2D eigenvalue weighted by molar-refractivity contribution is 0.414. The van der Waals surface area contributed by atoms with Crippen LogP contribution in [0.2, 0.25) is 0 Å². The Hall–Kier alpha value is -0.920. The van der Waals surface area contributed by atoms with E-state index >= 15 is 0 Å². The van der Waals surface area contributed by atoms with Gasteiger partial charge in [0.05, 0.1) is 12.8 Å².